The van der Waals surface area contributed by atoms with Crippen molar-refractivity contribution in [1.82, 2.24) is 0 Å². The zero-order valence-corrected chi connectivity index (χ0v) is 31.1. The molecule has 0 bridgehead atoms. The second-order valence-electron chi connectivity index (χ2n) is 13.3. The molecule has 0 fully saturated rings. The molecular formula is C41H16BF20NO. The van der Waals surface area contributed by atoms with Gasteiger partial charge >= 0.3 is 5.88 Å². The van der Waals surface area contributed by atoms with E-state index in [1.165, 1.54) is 16.5 Å². The minimum Gasteiger partial charge on any atom is -0.448 e. The van der Waals surface area contributed by atoms with Gasteiger partial charge in [0, 0.05) is 17.0 Å². The summed E-state index contributed by atoms with van der Waals surface area (Å²) in [7, 11) is 1.71. The maximum Gasteiger partial charge on any atom is 0.368 e. The van der Waals surface area contributed by atoms with Crippen molar-refractivity contribution in [2.45, 2.75) is 6.54 Å². The summed E-state index contributed by atoms with van der Waals surface area (Å²) in [6, 6.07) is 22.9. The standard InChI is InChI=1S/C24BF20.C17H16NO/c26-5-1(6(27)14(35)21(42)13(5)34)25(2-7(28)15(36)22(43)16(37)8(2)29,3-9(30)17(38)23(44)18(39)10(3)31)4-11(32)19(40)24(45)20(41)12(4)33;1-19-17-12-11-15-9-5-6-10-16(15)18(17)13-14-7-3-2-4-8-14/h;2-12H,13H2,1H3/q-1;+1. The van der Waals surface area contributed by atoms with Crippen LogP contribution in [-0.2, 0) is 6.54 Å². The molecular weight excluding hydrogens is 913 g/mol. The van der Waals surface area contributed by atoms with Crippen LogP contribution in [0, 0.1) is 116 Å². The molecule has 0 amide bonds. The normalized spacial score (nSPS) is 11.6. The Kier molecular flexibility index (Phi) is 12.7. The monoisotopic (exact) mass is 929 g/mol. The summed E-state index contributed by atoms with van der Waals surface area (Å²) in [4.78, 5) is 0. The summed E-state index contributed by atoms with van der Waals surface area (Å²) >= 11 is 0. The van der Waals surface area contributed by atoms with Crippen molar-refractivity contribution in [3.8, 4) is 5.88 Å². The van der Waals surface area contributed by atoms with E-state index in [-0.39, 0.29) is 0 Å². The fraction of sp³-hybridized carbons (Fsp3) is 0.0488. The van der Waals surface area contributed by atoms with E-state index in [9.17, 15) is 52.7 Å². The van der Waals surface area contributed by atoms with Gasteiger partial charge in [-0.2, -0.15) is 4.57 Å². The molecule has 6 aromatic carbocycles. The average Bonchev–Trinajstić information content (AvgIpc) is 3.29. The Morgan fingerprint density at radius 1 is 0.344 bits per heavy atom. The highest BCUT2D eigenvalue weighted by Gasteiger charge is 2.52. The Hall–Kier alpha value is -6.81. The van der Waals surface area contributed by atoms with Crippen LogP contribution in [0.4, 0.5) is 87.8 Å². The second-order valence-corrected chi connectivity index (χ2v) is 13.3. The van der Waals surface area contributed by atoms with E-state index in [1.807, 2.05) is 12.1 Å². The van der Waals surface area contributed by atoms with Crippen LogP contribution in [0.25, 0.3) is 10.9 Å². The summed E-state index contributed by atoms with van der Waals surface area (Å²) in [6.07, 6.45) is -7.22. The molecule has 0 aliphatic heterocycles. The highest BCUT2D eigenvalue weighted by Crippen LogP contribution is 2.31. The Bertz CT molecular complexity index is 2640. The number of para-hydroxylation sites is 1. The number of ether oxygens (including phenoxy) is 1. The van der Waals surface area contributed by atoms with Gasteiger partial charge in [0.25, 0.3) is 0 Å². The highest BCUT2D eigenvalue weighted by molar-refractivity contribution is 7.20. The van der Waals surface area contributed by atoms with E-state index in [0.717, 1.165) is 12.4 Å². The van der Waals surface area contributed by atoms with E-state index in [1.54, 1.807) is 7.11 Å². The topological polar surface area (TPSA) is 13.1 Å². The summed E-state index contributed by atoms with van der Waals surface area (Å²) in [5.41, 5.74) is -11.9. The molecule has 0 saturated heterocycles. The van der Waals surface area contributed by atoms with Crippen LogP contribution >= 0.6 is 0 Å². The molecule has 23 heteroatoms. The van der Waals surface area contributed by atoms with E-state index in [0.29, 0.717) is 0 Å². The molecule has 0 N–H and O–H groups in total. The van der Waals surface area contributed by atoms with E-state index >= 15 is 35.1 Å². The maximum absolute atomic E-state index is 15.4. The number of halogens is 20. The van der Waals surface area contributed by atoms with Crippen LogP contribution in [-0.4, -0.2) is 13.3 Å². The molecule has 0 radical (unpaired) electrons. The van der Waals surface area contributed by atoms with Crippen LogP contribution in [0.3, 0.4) is 0 Å². The fourth-order valence-corrected chi connectivity index (χ4v) is 7.23. The smallest absolute Gasteiger partial charge is 0.368 e. The molecule has 2 nitrogen and oxygen atoms in total. The molecule has 0 atom stereocenters. The second kappa shape index (κ2) is 17.4. The molecule has 64 heavy (non-hydrogen) atoms. The lowest BCUT2D eigenvalue weighted by Gasteiger charge is -2.44. The van der Waals surface area contributed by atoms with Gasteiger partial charge in [0.05, 0.1) is 13.2 Å². The quantitative estimate of drug-likeness (QED) is 0.0512. The number of benzene rings is 6. The number of hydrogen-bond donors (Lipinski definition) is 0. The Balaban J connectivity index is 0.000000295. The number of hydrogen-bond acceptors (Lipinski definition) is 1. The molecule has 1 heterocycles. The van der Waals surface area contributed by atoms with Crippen molar-refractivity contribution in [3.63, 3.8) is 0 Å². The van der Waals surface area contributed by atoms with Gasteiger partial charge in [0.1, 0.15) is 52.7 Å². The van der Waals surface area contributed by atoms with Gasteiger partial charge in [0.2, 0.25) is 5.52 Å². The molecule has 0 aliphatic rings. The molecule has 0 unspecified atom stereocenters. The first kappa shape index (κ1) is 46.7. The third-order valence-electron chi connectivity index (χ3n) is 10.00. The average molecular weight is 929 g/mol. The molecule has 0 spiro atoms. The summed E-state index contributed by atoms with van der Waals surface area (Å²) in [6.45, 7) is 0.811. The largest absolute Gasteiger partial charge is 0.448 e. The van der Waals surface area contributed by atoms with Gasteiger partial charge in [-0.1, -0.05) is 42.5 Å². The first-order valence-electron chi connectivity index (χ1n) is 17.3. The summed E-state index contributed by atoms with van der Waals surface area (Å²) in [5, 5.41) is 1.22. The van der Waals surface area contributed by atoms with E-state index in [4.69, 9.17) is 4.74 Å². The molecule has 334 valence electrons. The number of aromatic nitrogens is 1. The van der Waals surface area contributed by atoms with Crippen molar-refractivity contribution in [1.29, 1.82) is 0 Å². The van der Waals surface area contributed by atoms with Crippen molar-refractivity contribution < 1.29 is 97.1 Å². The van der Waals surface area contributed by atoms with Crippen LogP contribution in [0.5, 0.6) is 5.88 Å². The highest BCUT2D eigenvalue weighted by atomic mass is 19.2. The lowest BCUT2D eigenvalue weighted by atomic mass is 9.12. The number of rotatable bonds is 7. The minimum atomic E-state index is -7.22. The van der Waals surface area contributed by atoms with Gasteiger partial charge in [-0.3, -0.25) is 0 Å². The number of methoxy groups -OCH3 is 1. The predicted octanol–water partition coefficient (Wildman–Crippen LogP) is 9.03. The van der Waals surface area contributed by atoms with Gasteiger partial charge < -0.3 is 4.74 Å². The molecule has 7 aromatic rings. The fourth-order valence-electron chi connectivity index (χ4n) is 7.23. The van der Waals surface area contributed by atoms with Crippen molar-refractivity contribution in [2.75, 3.05) is 7.11 Å². The number of nitrogens with zero attached hydrogens (tertiary/aromatic N) is 1. The SMILES string of the molecule is COc1ccc2ccccc2[n+]1Cc1ccccc1.Fc1c(F)c(F)c([B-](c2c(F)c(F)c(F)c(F)c2F)(c2c(F)c(F)c(F)c(F)c2F)c2c(F)c(F)c(F)c(F)c2F)c(F)c1F. The lowest BCUT2D eigenvalue weighted by molar-refractivity contribution is -0.667. The summed E-state index contributed by atoms with van der Waals surface area (Å²) in [5.74, 6) is -70.5. The Morgan fingerprint density at radius 2 is 0.625 bits per heavy atom. The van der Waals surface area contributed by atoms with Crippen LogP contribution in [0.15, 0.2) is 66.7 Å². The molecule has 0 aliphatic carbocycles. The van der Waals surface area contributed by atoms with Crippen LogP contribution in [0.2, 0.25) is 0 Å². The molecule has 0 saturated carbocycles. The van der Waals surface area contributed by atoms with Crippen molar-refractivity contribution in [2.24, 2.45) is 0 Å². The minimum absolute atomic E-state index is 0.811. The van der Waals surface area contributed by atoms with Crippen molar-refractivity contribution >= 4 is 38.9 Å². The van der Waals surface area contributed by atoms with E-state index in [2.05, 4.69) is 59.2 Å². The van der Waals surface area contributed by atoms with Gasteiger partial charge in [0.15, 0.2) is 76.4 Å². The van der Waals surface area contributed by atoms with Crippen LogP contribution in [0.1, 0.15) is 5.56 Å². The Morgan fingerprint density at radius 3 is 0.938 bits per heavy atom. The number of fused-ring (bicyclic) bond motifs is 1. The Labute approximate surface area is 344 Å². The first-order valence-corrected chi connectivity index (χ1v) is 17.3. The van der Waals surface area contributed by atoms with Crippen LogP contribution < -0.4 is 31.2 Å². The predicted molar refractivity (Wildman–Crippen MR) is 185 cm³/mol. The third-order valence-corrected chi connectivity index (χ3v) is 10.00. The van der Waals surface area contributed by atoms with Gasteiger partial charge in [-0.05, 0) is 12.1 Å². The van der Waals surface area contributed by atoms with Crippen molar-refractivity contribution in [3.05, 3.63) is 189 Å². The zero-order chi connectivity index (χ0) is 47.4. The van der Waals surface area contributed by atoms with Gasteiger partial charge in [-0.25, -0.2) is 87.8 Å². The molecule has 1 aromatic heterocycles. The third kappa shape index (κ3) is 7.09. The van der Waals surface area contributed by atoms with Gasteiger partial charge in [-0.15, -0.1) is 21.9 Å². The lowest BCUT2D eigenvalue weighted by Crippen LogP contribution is -2.81. The van der Waals surface area contributed by atoms with E-state index < -0.39 is 144 Å². The molecule has 7 rings (SSSR count). The maximum atomic E-state index is 15.4. The number of pyridine rings is 1. The first-order chi connectivity index (χ1) is 30.1. The zero-order valence-electron chi connectivity index (χ0n) is 31.1. The summed E-state index contributed by atoms with van der Waals surface area (Å²) < 4.78 is 302.